The van der Waals surface area contributed by atoms with Gasteiger partial charge < -0.3 is 5.11 Å². The van der Waals surface area contributed by atoms with E-state index < -0.39 is 11.5 Å². The Morgan fingerprint density at radius 3 is 2.88 bits per heavy atom. The van der Waals surface area contributed by atoms with Crippen molar-refractivity contribution < 1.29 is 9.90 Å². The first kappa shape index (κ1) is 13.1. The van der Waals surface area contributed by atoms with E-state index in [0.717, 1.165) is 25.7 Å². The summed E-state index contributed by atoms with van der Waals surface area (Å²) in [6, 6.07) is 0. The van der Waals surface area contributed by atoms with Crippen LogP contribution in [0.25, 0.3) is 0 Å². The van der Waals surface area contributed by atoms with E-state index in [1.807, 2.05) is 0 Å². The number of rotatable bonds is 4. The second-order valence-corrected chi connectivity index (χ2v) is 4.65. The van der Waals surface area contributed by atoms with E-state index in [1.165, 1.54) is 0 Å². The third-order valence-electron chi connectivity index (χ3n) is 3.71. The molecule has 3 heteroatoms. The third-order valence-corrected chi connectivity index (χ3v) is 3.71. The minimum Gasteiger partial charge on any atom is -0.480 e. The van der Waals surface area contributed by atoms with Crippen molar-refractivity contribution in [2.24, 2.45) is 5.92 Å². The van der Waals surface area contributed by atoms with E-state index in [4.69, 9.17) is 6.42 Å². The lowest BCUT2D eigenvalue weighted by Crippen LogP contribution is -2.51. The molecule has 0 aromatic rings. The van der Waals surface area contributed by atoms with Crippen LogP contribution >= 0.6 is 0 Å². The summed E-state index contributed by atoms with van der Waals surface area (Å²) < 4.78 is 0. The average Bonchev–Trinajstić information content (AvgIpc) is 2.49. The van der Waals surface area contributed by atoms with Crippen LogP contribution in [0.5, 0.6) is 0 Å². The van der Waals surface area contributed by atoms with Gasteiger partial charge in [0.05, 0.1) is 6.54 Å². The Bertz CT molecular complexity index is 282. The maximum Gasteiger partial charge on any atom is 0.323 e. The minimum absolute atomic E-state index is 0.336. The SMILES string of the molecule is C#CCNC1(C(=O)O)CCCC(CC)CC1. The predicted octanol–water partition coefficient (Wildman–Crippen LogP) is 2.02. The number of hydrogen-bond acceptors (Lipinski definition) is 2. The largest absolute Gasteiger partial charge is 0.480 e. The zero-order valence-electron chi connectivity index (χ0n) is 9.96. The van der Waals surface area contributed by atoms with Gasteiger partial charge in [0.1, 0.15) is 5.54 Å². The molecule has 1 aliphatic rings. The monoisotopic (exact) mass is 223 g/mol. The Balaban J connectivity index is 2.70. The summed E-state index contributed by atoms with van der Waals surface area (Å²) in [5.41, 5.74) is -0.781. The maximum absolute atomic E-state index is 11.4. The highest BCUT2D eigenvalue weighted by Gasteiger charge is 2.39. The van der Waals surface area contributed by atoms with Crippen LogP contribution in [0.4, 0.5) is 0 Å². The molecule has 0 bridgehead atoms. The van der Waals surface area contributed by atoms with E-state index in [9.17, 15) is 9.90 Å². The number of carboxylic acid groups (broad SMARTS) is 1. The lowest BCUT2D eigenvalue weighted by atomic mass is 9.89. The fourth-order valence-electron chi connectivity index (χ4n) is 2.51. The Morgan fingerprint density at radius 1 is 1.56 bits per heavy atom. The van der Waals surface area contributed by atoms with Crippen LogP contribution in [-0.2, 0) is 4.79 Å². The fraction of sp³-hybridized carbons (Fsp3) is 0.769. The molecule has 1 saturated carbocycles. The highest BCUT2D eigenvalue weighted by molar-refractivity contribution is 5.78. The topological polar surface area (TPSA) is 49.3 Å². The second-order valence-electron chi connectivity index (χ2n) is 4.65. The molecule has 2 unspecified atom stereocenters. The van der Waals surface area contributed by atoms with E-state index in [2.05, 4.69) is 18.2 Å². The van der Waals surface area contributed by atoms with Crippen LogP contribution in [0.3, 0.4) is 0 Å². The summed E-state index contributed by atoms with van der Waals surface area (Å²) in [6.07, 6.45) is 10.8. The molecule has 1 fully saturated rings. The molecule has 0 aromatic heterocycles. The number of terminal acetylenes is 1. The molecule has 0 radical (unpaired) electrons. The summed E-state index contributed by atoms with van der Waals surface area (Å²) in [7, 11) is 0. The second kappa shape index (κ2) is 5.91. The van der Waals surface area contributed by atoms with Gasteiger partial charge in [0, 0.05) is 0 Å². The van der Waals surface area contributed by atoms with Crippen molar-refractivity contribution in [3.05, 3.63) is 0 Å². The normalized spacial score (nSPS) is 30.4. The lowest BCUT2D eigenvalue weighted by Gasteiger charge is -2.28. The van der Waals surface area contributed by atoms with Crippen molar-refractivity contribution in [3.8, 4) is 12.3 Å². The summed E-state index contributed by atoms with van der Waals surface area (Å²) in [5, 5.41) is 12.4. The summed E-state index contributed by atoms with van der Waals surface area (Å²) in [4.78, 5) is 11.4. The average molecular weight is 223 g/mol. The molecule has 0 amide bonds. The van der Waals surface area contributed by atoms with Crippen molar-refractivity contribution in [1.82, 2.24) is 5.32 Å². The van der Waals surface area contributed by atoms with Crippen molar-refractivity contribution in [2.75, 3.05) is 6.54 Å². The zero-order valence-corrected chi connectivity index (χ0v) is 9.96. The summed E-state index contributed by atoms with van der Waals surface area (Å²) >= 11 is 0. The van der Waals surface area contributed by atoms with Gasteiger partial charge in [-0.05, 0) is 25.2 Å². The molecular formula is C13H21NO2. The molecule has 90 valence electrons. The number of aliphatic carboxylic acids is 1. The Hall–Kier alpha value is -1.01. The van der Waals surface area contributed by atoms with Crippen molar-refractivity contribution in [2.45, 2.75) is 51.0 Å². The van der Waals surface area contributed by atoms with Crippen molar-refractivity contribution in [1.29, 1.82) is 0 Å². The van der Waals surface area contributed by atoms with Gasteiger partial charge >= 0.3 is 5.97 Å². The predicted molar refractivity (Wildman–Crippen MR) is 64.1 cm³/mol. The van der Waals surface area contributed by atoms with Crippen LogP contribution in [0.1, 0.15) is 45.4 Å². The van der Waals surface area contributed by atoms with Gasteiger partial charge in [-0.3, -0.25) is 10.1 Å². The fourth-order valence-corrected chi connectivity index (χ4v) is 2.51. The number of nitrogens with one attached hydrogen (secondary N) is 1. The van der Waals surface area contributed by atoms with Crippen LogP contribution in [-0.4, -0.2) is 23.2 Å². The molecule has 16 heavy (non-hydrogen) atoms. The highest BCUT2D eigenvalue weighted by atomic mass is 16.4. The van der Waals surface area contributed by atoms with Crippen molar-refractivity contribution in [3.63, 3.8) is 0 Å². The van der Waals surface area contributed by atoms with Crippen LogP contribution < -0.4 is 5.32 Å². The summed E-state index contributed by atoms with van der Waals surface area (Å²) in [5.74, 6) is 2.39. The third kappa shape index (κ3) is 2.99. The Kier molecular flexibility index (Phi) is 4.82. The van der Waals surface area contributed by atoms with Gasteiger partial charge in [0.2, 0.25) is 0 Å². The quantitative estimate of drug-likeness (QED) is 0.566. The maximum atomic E-state index is 11.4. The molecule has 0 aliphatic heterocycles. The molecule has 0 saturated heterocycles. The standard InChI is InChI=1S/C13H21NO2/c1-3-10-14-13(12(15)16)8-5-6-11(4-2)7-9-13/h1,11,14H,4-10H2,2H3,(H,15,16). The van der Waals surface area contributed by atoms with Crippen LogP contribution in [0.15, 0.2) is 0 Å². The zero-order chi connectivity index (χ0) is 12.0. The molecule has 0 aromatic carbocycles. The minimum atomic E-state index is -0.781. The highest BCUT2D eigenvalue weighted by Crippen LogP contribution is 2.32. The smallest absolute Gasteiger partial charge is 0.323 e. The van der Waals surface area contributed by atoms with E-state index in [0.29, 0.717) is 25.3 Å². The van der Waals surface area contributed by atoms with Gasteiger partial charge in [-0.15, -0.1) is 6.42 Å². The van der Waals surface area contributed by atoms with Crippen LogP contribution in [0.2, 0.25) is 0 Å². The number of carbonyl (C=O) groups is 1. The molecular weight excluding hydrogens is 202 g/mol. The Labute approximate surface area is 97.6 Å². The van der Waals surface area contributed by atoms with Crippen molar-refractivity contribution >= 4 is 5.97 Å². The first-order valence-corrected chi connectivity index (χ1v) is 6.06. The molecule has 1 aliphatic carbocycles. The van der Waals surface area contributed by atoms with Gasteiger partial charge in [-0.25, -0.2) is 0 Å². The van der Waals surface area contributed by atoms with Gasteiger partial charge in [0.25, 0.3) is 0 Å². The Morgan fingerprint density at radius 2 is 2.31 bits per heavy atom. The van der Waals surface area contributed by atoms with Gasteiger partial charge in [-0.1, -0.05) is 32.1 Å². The van der Waals surface area contributed by atoms with E-state index in [-0.39, 0.29) is 0 Å². The first-order valence-electron chi connectivity index (χ1n) is 6.06. The van der Waals surface area contributed by atoms with E-state index >= 15 is 0 Å². The summed E-state index contributed by atoms with van der Waals surface area (Å²) in [6.45, 7) is 2.51. The molecule has 1 rings (SSSR count). The lowest BCUT2D eigenvalue weighted by molar-refractivity contribution is -0.145. The number of carboxylic acids is 1. The molecule has 2 N–H and O–H groups in total. The molecule has 2 atom stereocenters. The molecule has 0 spiro atoms. The number of hydrogen-bond donors (Lipinski definition) is 2. The molecule has 3 nitrogen and oxygen atoms in total. The van der Waals surface area contributed by atoms with E-state index in [1.54, 1.807) is 0 Å². The first-order chi connectivity index (χ1) is 7.64. The van der Waals surface area contributed by atoms with Gasteiger partial charge in [0.15, 0.2) is 0 Å². The van der Waals surface area contributed by atoms with Gasteiger partial charge in [-0.2, -0.15) is 0 Å². The van der Waals surface area contributed by atoms with Crippen LogP contribution in [0, 0.1) is 18.3 Å². The molecule has 0 heterocycles.